The lowest BCUT2D eigenvalue weighted by Crippen LogP contribution is -2.42. The number of carbonyl (C=O) groups excluding carboxylic acids is 1. The van der Waals surface area contributed by atoms with E-state index in [1.54, 1.807) is 0 Å². The van der Waals surface area contributed by atoms with Crippen LogP contribution in [0.25, 0.3) is 0 Å². The van der Waals surface area contributed by atoms with Gasteiger partial charge in [-0.1, -0.05) is 20.3 Å². The molecule has 2 atom stereocenters. The molecule has 0 aromatic rings. The van der Waals surface area contributed by atoms with Gasteiger partial charge < -0.3 is 16.2 Å². The zero-order valence-electron chi connectivity index (χ0n) is 12.5. The number of rotatable bonds is 7. The SMILES string of the molecule is CCC(CC)(CCO)CNC(=O)C1CCCC(N)C1. The molecule has 4 nitrogen and oxygen atoms in total. The Morgan fingerprint density at radius 2 is 2.05 bits per heavy atom. The van der Waals surface area contributed by atoms with Crippen LogP contribution in [0.4, 0.5) is 0 Å². The average Bonchev–Trinajstić information content (AvgIpc) is 2.43. The molecule has 0 aliphatic heterocycles. The molecule has 1 amide bonds. The molecule has 1 saturated carbocycles. The van der Waals surface area contributed by atoms with Crippen LogP contribution in [-0.2, 0) is 4.79 Å². The topological polar surface area (TPSA) is 75.3 Å². The molecule has 0 aromatic carbocycles. The molecular weight excluding hydrogens is 240 g/mol. The second kappa shape index (κ2) is 7.85. The highest BCUT2D eigenvalue weighted by molar-refractivity contribution is 5.78. The monoisotopic (exact) mass is 270 g/mol. The van der Waals surface area contributed by atoms with Crippen LogP contribution in [0, 0.1) is 11.3 Å². The van der Waals surface area contributed by atoms with E-state index in [4.69, 9.17) is 5.73 Å². The van der Waals surface area contributed by atoms with Gasteiger partial charge in [-0.2, -0.15) is 0 Å². The Morgan fingerprint density at radius 3 is 2.58 bits per heavy atom. The van der Waals surface area contributed by atoms with Gasteiger partial charge in [0.05, 0.1) is 0 Å². The Morgan fingerprint density at radius 1 is 1.37 bits per heavy atom. The van der Waals surface area contributed by atoms with E-state index in [9.17, 15) is 9.90 Å². The van der Waals surface area contributed by atoms with E-state index < -0.39 is 0 Å². The van der Waals surface area contributed by atoms with Gasteiger partial charge in [-0.15, -0.1) is 0 Å². The van der Waals surface area contributed by atoms with Crippen molar-refractivity contribution in [3.63, 3.8) is 0 Å². The lowest BCUT2D eigenvalue weighted by Gasteiger charge is -2.33. The standard InChI is InChI=1S/C15H30N2O2/c1-3-15(4-2,8-9-18)11-17-14(19)12-6-5-7-13(16)10-12/h12-13,18H,3-11,16H2,1-2H3,(H,17,19). The van der Waals surface area contributed by atoms with E-state index in [0.717, 1.165) is 44.9 Å². The van der Waals surface area contributed by atoms with Gasteiger partial charge in [0, 0.05) is 25.1 Å². The maximum atomic E-state index is 12.2. The number of aliphatic hydroxyl groups excluding tert-OH is 1. The van der Waals surface area contributed by atoms with Crippen LogP contribution in [0.15, 0.2) is 0 Å². The second-order valence-corrected chi connectivity index (χ2v) is 6.02. The Bertz CT molecular complexity index is 277. The number of nitrogens with two attached hydrogens (primary N) is 1. The zero-order valence-corrected chi connectivity index (χ0v) is 12.5. The molecule has 0 bridgehead atoms. The van der Waals surface area contributed by atoms with Crippen molar-refractivity contribution in [2.45, 2.75) is 64.8 Å². The third-order valence-corrected chi connectivity index (χ3v) is 4.87. The van der Waals surface area contributed by atoms with Crippen LogP contribution >= 0.6 is 0 Å². The molecule has 0 aromatic heterocycles. The van der Waals surface area contributed by atoms with Crippen LogP contribution < -0.4 is 11.1 Å². The van der Waals surface area contributed by atoms with Gasteiger partial charge in [0.25, 0.3) is 0 Å². The Kier molecular flexibility index (Phi) is 6.80. The third kappa shape index (κ3) is 4.77. The van der Waals surface area contributed by atoms with Crippen molar-refractivity contribution >= 4 is 5.91 Å². The largest absolute Gasteiger partial charge is 0.396 e. The number of hydrogen-bond acceptors (Lipinski definition) is 3. The molecule has 0 radical (unpaired) electrons. The molecule has 0 spiro atoms. The van der Waals surface area contributed by atoms with Crippen LogP contribution in [0.2, 0.25) is 0 Å². The first-order valence-corrected chi connectivity index (χ1v) is 7.71. The lowest BCUT2D eigenvalue weighted by atomic mass is 9.79. The molecule has 1 aliphatic carbocycles. The maximum Gasteiger partial charge on any atom is 0.223 e. The summed E-state index contributed by atoms with van der Waals surface area (Å²) in [6, 6.07) is 0.184. The van der Waals surface area contributed by atoms with Crippen molar-refractivity contribution in [3.8, 4) is 0 Å². The summed E-state index contributed by atoms with van der Waals surface area (Å²) >= 11 is 0. The first-order chi connectivity index (χ1) is 9.06. The molecule has 1 rings (SSSR count). The molecule has 1 fully saturated rings. The number of amides is 1. The molecule has 19 heavy (non-hydrogen) atoms. The van der Waals surface area contributed by atoms with Crippen molar-refractivity contribution < 1.29 is 9.90 Å². The number of nitrogens with one attached hydrogen (secondary N) is 1. The summed E-state index contributed by atoms with van der Waals surface area (Å²) in [4.78, 5) is 12.2. The summed E-state index contributed by atoms with van der Waals surface area (Å²) in [5.41, 5.74) is 5.97. The Balaban J connectivity index is 2.47. The first kappa shape index (κ1) is 16.4. The summed E-state index contributed by atoms with van der Waals surface area (Å²) in [6.45, 7) is 5.11. The van der Waals surface area contributed by atoms with Crippen LogP contribution in [0.3, 0.4) is 0 Å². The van der Waals surface area contributed by atoms with Gasteiger partial charge in [0.1, 0.15) is 0 Å². The molecule has 4 heteroatoms. The van der Waals surface area contributed by atoms with Crippen molar-refractivity contribution in [2.75, 3.05) is 13.2 Å². The van der Waals surface area contributed by atoms with Gasteiger partial charge in [-0.05, 0) is 43.9 Å². The fourth-order valence-electron chi connectivity index (χ4n) is 3.06. The minimum Gasteiger partial charge on any atom is -0.396 e. The van der Waals surface area contributed by atoms with Gasteiger partial charge in [-0.3, -0.25) is 4.79 Å². The highest BCUT2D eigenvalue weighted by atomic mass is 16.3. The smallest absolute Gasteiger partial charge is 0.223 e. The molecule has 112 valence electrons. The predicted octanol–water partition coefficient (Wildman–Crippen LogP) is 1.81. The number of aliphatic hydroxyl groups is 1. The quantitative estimate of drug-likeness (QED) is 0.660. The molecule has 2 unspecified atom stereocenters. The Labute approximate surface area is 117 Å². The molecule has 1 aliphatic rings. The summed E-state index contributed by atoms with van der Waals surface area (Å²) in [5, 5.41) is 12.3. The van der Waals surface area contributed by atoms with Crippen LogP contribution in [0.5, 0.6) is 0 Å². The zero-order chi connectivity index (χ0) is 14.3. The second-order valence-electron chi connectivity index (χ2n) is 6.02. The van der Waals surface area contributed by atoms with Gasteiger partial charge in [-0.25, -0.2) is 0 Å². The fourth-order valence-corrected chi connectivity index (χ4v) is 3.06. The summed E-state index contributed by atoms with van der Waals surface area (Å²) in [7, 11) is 0. The molecule has 4 N–H and O–H groups in total. The minimum absolute atomic E-state index is 0.0429. The molecular formula is C15H30N2O2. The fraction of sp³-hybridized carbons (Fsp3) is 0.933. The van der Waals surface area contributed by atoms with Gasteiger partial charge >= 0.3 is 0 Å². The lowest BCUT2D eigenvalue weighted by molar-refractivity contribution is -0.126. The molecule has 0 saturated heterocycles. The summed E-state index contributed by atoms with van der Waals surface area (Å²) < 4.78 is 0. The predicted molar refractivity (Wildman–Crippen MR) is 77.7 cm³/mol. The highest BCUT2D eigenvalue weighted by Crippen LogP contribution is 2.30. The van der Waals surface area contributed by atoms with E-state index in [-0.39, 0.29) is 29.9 Å². The van der Waals surface area contributed by atoms with Crippen molar-refractivity contribution in [3.05, 3.63) is 0 Å². The van der Waals surface area contributed by atoms with Gasteiger partial charge in [0.2, 0.25) is 5.91 Å². The van der Waals surface area contributed by atoms with E-state index >= 15 is 0 Å². The Hall–Kier alpha value is -0.610. The van der Waals surface area contributed by atoms with E-state index in [1.807, 2.05) is 0 Å². The average molecular weight is 270 g/mol. The van der Waals surface area contributed by atoms with E-state index in [0.29, 0.717) is 6.54 Å². The van der Waals surface area contributed by atoms with E-state index in [1.165, 1.54) is 0 Å². The summed E-state index contributed by atoms with van der Waals surface area (Å²) in [6.07, 6.45) is 6.60. The van der Waals surface area contributed by atoms with Gasteiger partial charge in [0.15, 0.2) is 0 Å². The first-order valence-electron chi connectivity index (χ1n) is 7.71. The highest BCUT2D eigenvalue weighted by Gasteiger charge is 2.29. The molecule has 0 heterocycles. The van der Waals surface area contributed by atoms with Crippen molar-refractivity contribution in [2.24, 2.45) is 17.1 Å². The normalized spacial score (nSPS) is 24.2. The van der Waals surface area contributed by atoms with Crippen LogP contribution in [0.1, 0.15) is 58.8 Å². The minimum atomic E-state index is 0.0429. The van der Waals surface area contributed by atoms with Crippen molar-refractivity contribution in [1.29, 1.82) is 0 Å². The van der Waals surface area contributed by atoms with Crippen molar-refractivity contribution in [1.82, 2.24) is 5.32 Å². The maximum absolute atomic E-state index is 12.2. The summed E-state index contributed by atoms with van der Waals surface area (Å²) in [5.74, 6) is 0.239. The number of hydrogen-bond donors (Lipinski definition) is 3. The van der Waals surface area contributed by atoms with Crippen LogP contribution in [-0.4, -0.2) is 30.2 Å². The third-order valence-electron chi connectivity index (χ3n) is 4.87. The number of carbonyl (C=O) groups is 1. The van der Waals surface area contributed by atoms with E-state index in [2.05, 4.69) is 19.2 Å².